The van der Waals surface area contributed by atoms with Gasteiger partial charge in [0, 0.05) is 17.9 Å². The van der Waals surface area contributed by atoms with Crippen molar-refractivity contribution in [3.05, 3.63) is 57.1 Å². The molecule has 0 bridgehead atoms. The van der Waals surface area contributed by atoms with Crippen molar-refractivity contribution in [1.29, 1.82) is 0 Å². The zero-order valence-corrected chi connectivity index (χ0v) is 14.6. The van der Waals surface area contributed by atoms with Crippen molar-refractivity contribution in [2.45, 2.75) is 25.8 Å². The van der Waals surface area contributed by atoms with Gasteiger partial charge in [-0.2, -0.15) is 5.10 Å². The van der Waals surface area contributed by atoms with Crippen LogP contribution in [0, 0.1) is 29.8 Å². The fourth-order valence-corrected chi connectivity index (χ4v) is 4.28. The van der Waals surface area contributed by atoms with E-state index in [4.69, 9.17) is 0 Å². The van der Waals surface area contributed by atoms with E-state index in [1.54, 1.807) is 36.9 Å². The highest BCUT2D eigenvalue weighted by atomic mass is 32.2. The maximum absolute atomic E-state index is 14.1. The zero-order valence-electron chi connectivity index (χ0n) is 13.8. The summed E-state index contributed by atoms with van der Waals surface area (Å²) >= 11 is 1.50. The molecule has 1 aromatic carbocycles. The molecule has 1 atom stereocenters. The molecule has 25 heavy (non-hydrogen) atoms. The lowest BCUT2D eigenvalue weighted by atomic mass is 10.2. The van der Waals surface area contributed by atoms with Gasteiger partial charge in [0.05, 0.1) is 4.92 Å². The summed E-state index contributed by atoms with van der Waals surface area (Å²) in [7, 11) is 0. The lowest BCUT2D eigenvalue weighted by Crippen LogP contribution is -2.34. The highest BCUT2D eigenvalue weighted by Crippen LogP contribution is 2.39. The van der Waals surface area contributed by atoms with Crippen LogP contribution in [0.15, 0.2) is 24.3 Å². The van der Waals surface area contributed by atoms with E-state index >= 15 is 0 Å². The third kappa shape index (κ3) is 3.23. The molecule has 1 saturated heterocycles. The summed E-state index contributed by atoms with van der Waals surface area (Å²) in [5.74, 6) is 0.127. The molecule has 2 heterocycles. The Labute approximate surface area is 148 Å². The van der Waals surface area contributed by atoms with Crippen molar-refractivity contribution < 1.29 is 14.1 Å². The second kappa shape index (κ2) is 6.83. The van der Waals surface area contributed by atoms with Crippen LogP contribution >= 0.6 is 11.8 Å². The predicted octanol–water partition coefficient (Wildman–Crippen LogP) is 2.82. The van der Waals surface area contributed by atoms with Crippen LogP contribution in [0.5, 0.6) is 0 Å². The van der Waals surface area contributed by atoms with Crippen LogP contribution in [0.4, 0.5) is 10.1 Å². The Morgan fingerprint density at radius 2 is 2.16 bits per heavy atom. The SMILES string of the molecule is Cc1nn(CC(=O)N2CCS[C@@H]2c2ccccc2F)c(C)c1[N+](=O)[O-]. The molecule has 2 aromatic rings. The zero-order chi connectivity index (χ0) is 18.1. The standard InChI is InChI=1S/C16H17FN4O3S/c1-10-15(21(23)24)11(2)20(18-10)9-14(22)19-7-8-25-16(19)12-5-3-4-6-13(12)17/h3-6,16H,7-9H2,1-2H3/t16-/m1/s1. The summed E-state index contributed by atoms with van der Waals surface area (Å²) in [6.45, 7) is 3.51. The molecule has 0 aliphatic carbocycles. The molecule has 0 unspecified atom stereocenters. The number of nitro groups is 1. The van der Waals surface area contributed by atoms with Crippen LogP contribution in [0.1, 0.15) is 22.3 Å². The van der Waals surface area contributed by atoms with Gasteiger partial charge in [-0.1, -0.05) is 18.2 Å². The van der Waals surface area contributed by atoms with Crippen LogP contribution in [0.3, 0.4) is 0 Å². The molecule has 1 aromatic heterocycles. The second-order valence-electron chi connectivity index (χ2n) is 5.77. The van der Waals surface area contributed by atoms with Gasteiger partial charge < -0.3 is 4.90 Å². The van der Waals surface area contributed by atoms with Crippen LogP contribution in [-0.2, 0) is 11.3 Å². The Kier molecular flexibility index (Phi) is 4.76. The maximum Gasteiger partial charge on any atom is 0.312 e. The first-order valence-corrected chi connectivity index (χ1v) is 8.79. The molecular weight excluding hydrogens is 347 g/mol. The molecule has 132 valence electrons. The number of thioether (sulfide) groups is 1. The van der Waals surface area contributed by atoms with E-state index in [2.05, 4.69) is 5.10 Å². The second-order valence-corrected chi connectivity index (χ2v) is 6.95. The summed E-state index contributed by atoms with van der Waals surface area (Å²) in [4.78, 5) is 24.9. The van der Waals surface area contributed by atoms with E-state index in [0.29, 0.717) is 23.6 Å². The lowest BCUT2D eigenvalue weighted by molar-refractivity contribution is -0.386. The Hall–Kier alpha value is -2.42. The molecule has 1 aliphatic heterocycles. The molecule has 0 N–H and O–H groups in total. The molecule has 0 spiro atoms. The molecule has 3 rings (SSSR count). The fourth-order valence-electron chi connectivity index (χ4n) is 2.98. The van der Waals surface area contributed by atoms with E-state index in [-0.39, 0.29) is 35.0 Å². The number of carbonyl (C=O) groups excluding carboxylic acids is 1. The molecule has 0 radical (unpaired) electrons. The maximum atomic E-state index is 14.1. The summed E-state index contributed by atoms with van der Waals surface area (Å²) < 4.78 is 15.4. The van der Waals surface area contributed by atoms with E-state index in [1.165, 1.54) is 22.5 Å². The van der Waals surface area contributed by atoms with Gasteiger partial charge in [-0.3, -0.25) is 19.6 Å². The van der Waals surface area contributed by atoms with E-state index in [1.807, 2.05) is 0 Å². The Morgan fingerprint density at radius 3 is 2.80 bits per heavy atom. The number of hydrogen-bond acceptors (Lipinski definition) is 5. The number of nitrogens with zero attached hydrogens (tertiary/aromatic N) is 4. The number of amides is 1. The summed E-state index contributed by atoms with van der Waals surface area (Å²) in [5.41, 5.74) is 1.01. The summed E-state index contributed by atoms with van der Waals surface area (Å²) in [6, 6.07) is 6.40. The van der Waals surface area contributed by atoms with Gasteiger partial charge in [-0.05, 0) is 19.9 Å². The molecule has 1 aliphatic rings. The molecule has 1 fully saturated rings. The first-order valence-electron chi connectivity index (χ1n) is 7.74. The van der Waals surface area contributed by atoms with Crippen LogP contribution in [-0.4, -0.2) is 37.8 Å². The average molecular weight is 364 g/mol. The monoisotopic (exact) mass is 364 g/mol. The molecule has 0 saturated carbocycles. The Balaban J connectivity index is 1.83. The third-order valence-electron chi connectivity index (χ3n) is 4.19. The fraction of sp³-hybridized carbons (Fsp3) is 0.375. The number of hydrogen-bond donors (Lipinski definition) is 0. The van der Waals surface area contributed by atoms with E-state index in [9.17, 15) is 19.3 Å². The van der Waals surface area contributed by atoms with Crippen LogP contribution < -0.4 is 0 Å². The Morgan fingerprint density at radius 1 is 1.44 bits per heavy atom. The molecule has 1 amide bonds. The van der Waals surface area contributed by atoms with Gasteiger partial charge in [0.1, 0.15) is 29.1 Å². The first-order chi connectivity index (χ1) is 11.9. The van der Waals surface area contributed by atoms with Gasteiger partial charge in [0.15, 0.2) is 0 Å². The van der Waals surface area contributed by atoms with Gasteiger partial charge >= 0.3 is 5.69 Å². The number of rotatable bonds is 4. The Bertz CT molecular complexity index is 839. The third-order valence-corrected chi connectivity index (χ3v) is 5.44. The van der Waals surface area contributed by atoms with Crippen molar-refractivity contribution in [2.75, 3.05) is 12.3 Å². The molecular formula is C16H17FN4O3S. The van der Waals surface area contributed by atoms with Gasteiger partial charge in [-0.25, -0.2) is 4.39 Å². The number of aryl methyl sites for hydroxylation is 1. The van der Waals surface area contributed by atoms with Crippen molar-refractivity contribution in [1.82, 2.24) is 14.7 Å². The lowest BCUT2D eigenvalue weighted by Gasteiger charge is -2.24. The molecule has 9 heteroatoms. The highest BCUT2D eigenvalue weighted by Gasteiger charge is 2.33. The van der Waals surface area contributed by atoms with Crippen LogP contribution in [0.25, 0.3) is 0 Å². The van der Waals surface area contributed by atoms with Gasteiger partial charge in [-0.15, -0.1) is 11.8 Å². The number of benzene rings is 1. The van der Waals surface area contributed by atoms with Gasteiger partial charge in [0.2, 0.25) is 5.91 Å². The predicted molar refractivity (Wildman–Crippen MR) is 91.7 cm³/mol. The smallest absolute Gasteiger partial charge is 0.312 e. The van der Waals surface area contributed by atoms with Gasteiger partial charge in [0.25, 0.3) is 0 Å². The summed E-state index contributed by atoms with van der Waals surface area (Å²) in [6.07, 6.45) is 0. The normalized spacial score (nSPS) is 17.1. The number of halogens is 1. The van der Waals surface area contributed by atoms with Crippen molar-refractivity contribution in [3.8, 4) is 0 Å². The van der Waals surface area contributed by atoms with Crippen LogP contribution in [0.2, 0.25) is 0 Å². The number of carbonyl (C=O) groups is 1. The van der Waals surface area contributed by atoms with Crippen molar-refractivity contribution in [2.24, 2.45) is 0 Å². The van der Waals surface area contributed by atoms with Crippen molar-refractivity contribution in [3.63, 3.8) is 0 Å². The minimum Gasteiger partial charge on any atom is -0.324 e. The minimum absolute atomic E-state index is 0.0748. The van der Waals surface area contributed by atoms with Crippen molar-refractivity contribution >= 4 is 23.4 Å². The topological polar surface area (TPSA) is 81.3 Å². The minimum atomic E-state index is -0.494. The van der Waals surface area contributed by atoms with E-state index in [0.717, 1.165) is 0 Å². The molecule has 7 nitrogen and oxygen atoms in total. The quantitative estimate of drug-likeness (QED) is 0.615. The largest absolute Gasteiger partial charge is 0.324 e. The highest BCUT2D eigenvalue weighted by molar-refractivity contribution is 7.99. The summed E-state index contributed by atoms with van der Waals surface area (Å²) in [5, 5.41) is 14.8. The first kappa shape index (κ1) is 17.4. The number of aromatic nitrogens is 2. The van der Waals surface area contributed by atoms with E-state index < -0.39 is 4.92 Å². The average Bonchev–Trinajstić information content (AvgIpc) is 3.13.